The Bertz CT molecular complexity index is 392. The van der Waals surface area contributed by atoms with Crippen molar-refractivity contribution in [3.8, 4) is 0 Å². The Kier molecular flexibility index (Phi) is 2.93. The Morgan fingerprint density at radius 2 is 2.21 bits per heavy atom. The third kappa shape index (κ3) is 1.86. The monoisotopic (exact) mass is 274 g/mol. The molecule has 0 N–H and O–H groups in total. The summed E-state index contributed by atoms with van der Waals surface area (Å²) in [6.45, 7) is 0. The first-order chi connectivity index (χ1) is 6.68. The highest BCUT2D eigenvalue weighted by Gasteiger charge is 2.18. The first kappa shape index (κ1) is 10.2. The van der Waals surface area contributed by atoms with Gasteiger partial charge in [0.2, 0.25) is 0 Å². The van der Waals surface area contributed by atoms with Crippen LogP contribution >= 0.6 is 27.7 Å². The molecule has 0 unspecified atom stereocenters. The summed E-state index contributed by atoms with van der Waals surface area (Å²) in [5.41, 5.74) is 1.47. The molecule has 1 aromatic rings. The topological polar surface area (TPSA) is 17.1 Å². The van der Waals surface area contributed by atoms with E-state index in [2.05, 4.69) is 15.9 Å². The molecule has 0 aromatic heterocycles. The summed E-state index contributed by atoms with van der Waals surface area (Å²) in [6.07, 6.45) is 0.507. The highest BCUT2D eigenvalue weighted by Crippen LogP contribution is 2.30. The number of fused-ring (bicyclic) bond motifs is 1. The van der Waals surface area contributed by atoms with Crippen LogP contribution in [0.1, 0.15) is 22.3 Å². The third-order valence-corrected chi connectivity index (χ3v) is 3.87. The maximum atomic E-state index is 13.1. The Balaban J connectivity index is 2.58. The molecule has 74 valence electrons. The van der Waals surface area contributed by atoms with Gasteiger partial charge < -0.3 is 0 Å². The molecular weight excluding hydrogens is 267 g/mol. The Morgan fingerprint density at radius 1 is 1.43 bits per heavy atom. The first-order valence-corrected chi connectivity index (χ1v) is 6.22. The predicted molar refractivity (Wildman–Crippen MR) is 59.2 cm³/mol. The van der Waals surface area contributed by atoms with Crippen molar-refractivity contribution in [3.05, 3.63) is 33.5 Å². The summed E-state index contributed by atoms with van der Waals surface area (Å²) in [4.78, 5) is 11.6. The Labute approximate surface area is 94.2 Å². The lowest BCUT2D eigenvalue weighted by Crippen LogP contribution is -2.02. The van der Waals surface area contributed by atoms with Gasteiger partial charge in [-0.2, -0.15) is 11.8 Å². The average molecular weight is 275 g/mol. The van der Waals surface area contributed by atoms with Gasteiger partial charge in [0.25, 0.3) is 0 Å². The van der Waals surface area contributed by atoms with Crippen LogP contribution in [-0.4, -0.2) is 11.5 Å². The van der Waals surface area contributed by atoms with Crippen LogP contribution < -0.4 is 0 Å². The zero-order valence-corrected chi connectivity index (χ0v) is 9.75. The van der Waals surface area contributed by atoms with Gasteiger partial charge in [-0.05, 0) is 17.7 Å². The van der Waals surface area contributed by atoms with E-state index in [1.165, 1.54) is 12.1 Å². The molecule has 0 radical (unpaired) electrons. The number of rotatable bonds is 0. The predicted octanol–water partition coefficient (Wildman–Crippen LogP) is 3.41. The fourth-order valence-corrected chi connectivity index (χ4v) is 3.22. The minimum absolute atomic E-state index is 0.0465. The molecule has 1 aromatic carbocycles. The van der Waals surface area contributed by atoms with Gasteiger partial charge in [-0.1, -0.05) is 15.9 Å². The van der Waals surface area contributed by atoms with Crippen LogP contribution in [0.2, 0.25) is 0 Å². The van der Waals surface area contributed by atoms with Gasteiger partial charge in [0.1, 0.15) is 5.82 Å². The maximum Gasteiger partial charge on any atom is 0.164 e. The molecule has 0 atom stereocenters. The lowest BCUT2D eigenvalue weighted by atomic mass is 10.0. The van der Waals surface area contributed by atoms with Gasteiger partial charge in [0, 0.05) is 28.0 Å². The molecule has 0 bridgehead atoms. The zero-order valence-electron chi connectivity index (χ0n) is 7.35. The molecule has 1 heterocycles. The lowest BCUT2D eigenvalue weighted by molar-refractivity contribution is 0.0989. The van der Waals surface area contributed by atoms with Crippen molar-refractivity contribution < 1.29 is 9.18 Å². The van der Waals surface area contributed by atoms with E-state index in [1.807, 2.05) is 0 Å². The highest BCUT2D eigenvalue weighted by atomic mass is 79.9. The third-order valence-electron chi connectivity index (χ3n) is 2.18. The quantitative estimate of drug-likeness (QED) is 0.721. The number of benzene rings is 1. The molecule has 0 fully saturated rings. The summed E-state index contributed by atoms with van der Waals surface area (Å²) >= 11 is 5.00. The summed E-state index contributed by atoms with van der Waals surface area (Å²) in [6, 6.07) is 2.76. The van der Waals surface area contributed by atoms with Crippen molar-refractivity contribution in [3.63, 3.8) is 0 Å². The van der Waals surface area contributed by atoms with Gasteiger partial charge in [-0.3, -0.25) is 4.79 Å². The number of halogens is 2. The van der Waals surface area contributed by atoms with Crippen molar-refractivity contribution in [2.24, 2.45) is 0 Å². The SMILES string of the molecule is O=C1CCSCc2c(Br)cc(F)cc21. The summed E-state index contributed by atoms with van der Waals surface area (Å²) < 4.78 is 13.8. The largest absolute Gasteiger partial charge is 0.294 e. The lowest BCUT2D eigenvalue weighted by Gasteiger charge is -2.06. The van der Waals surface area contributed by atoms with Gasteiger partial charge in [-0.15, -0.1) is 0 Å². The minimum Gasteiger partial charge on any atom is -0.294 e. The van der Waals surface area contributed by atoms with Crippen molar-refractivity contribution in [2.75, 3.05) is 5.75 Å². The van der Waals surface area contributed by atoms with E-state index >= 15 is 0 Å². The van der Waals surface area contributed by atoms with Crippen molar-refractivity contribution in [2.45, 2.75) is 12.2 Å². The van der Waals surface area contributed by atoms with Crippen LogP contribution in [0, 0.1) is 5.82 Å². The Hall–Kier alpha value is -0.350. The maximum absolute atomic E-state index is 13.1. The normalized spacial score (nSPS) is 16.3. The van der Waals surface area contributed by atoms with Crippen molar-refractivity contribution in [1.82, 2.24) is 0 Å². The molecular formula is C10H8BrFOS. The van der Waals surface area contributed by atoms with E-state index in [-0.39, 0.29) is 11.6 Å². The highest BCUT2D eigenvalue weighted by molar-refractivity contribution is 9.10. The molecule has 2 rings (SSSR count). The second kappa shape index (κ2) is 4.03. The van der Waals surface area contributed by atoms with Gasteiger partial charge in [0.15, 0.2) is 5.78 Å². The van der Waals surface area contributed by atoms with Crippen LogP contribution in [0.25, 0.3) is 0 Å². The summed E-state index contributed by atoms with van der Waals surface area (Å²) in [5, 5.41) is 0. The first-order valence-electron chi connectivity index (χ1n) is 4.27. The number of ketones is 1. The number of carbonyl (C=O) groups is 1. The van der Waals surface area contributed by atoms with Crippen LogP contribution in [0.3, 0.4) is 0 Å². The average Bonchev–Trinajstić information content (AvgIpc) is 2.29. The second-order valence-corrected chi connectivity index (χ2v) is 5.10. The van der Waals surface area contributed by atoms with Crippen LogP contribution in [-0.2, 0) is 5.75 Å². The fraction of sp³-hybridized carbons (Fsp3) is 0.300. The smallest absolute Gasteiger partial charge is 0.164 e. The molecule has 0 saturated heterocycles. The van der Waals surface area contributed by atoms with E-state index in [0.717, 1.165) is 17.1 Å². The fourth-order valence-electron chi connectivity index (χ4n) is 1.47. The molecule has 1 aliphatic rings. The molecule has 1 aliphatic heterocycles. The van der Waals surface area contributed by atoms with E-state index in [1.54, 1.807) is 11.8 Å². The number of thioether (sulfide) groups is 1. The van der Waals surface area contributed by atoms with Crippen LogP contribution in [0.5, 0.6) is 0 Å². The van der Waals surface area contributed by atoms with Crippen molar-refractivity contribution >= 4 is 33.5 Å². The number of carbonyl (C=O) groups excluding carboxylic acids is 1. The van der Waals surface area contributed by atoms with Gasteiger partial charge >= 0.3 is 0 Å². The molecule has 0 amide bonds. The Morgan fingerprint density at radius 3 is 3.00 bits per heavy atom. The van der Waals surface area contributed by atoms with E-state index in [4.69, 9.17) is 0 Å². The molecule has 14 heavy (non-hydrogen) atoms. The van der Waals surface area contributed by atoms with Crippen molar-refractivity contribution in [1.29, 1.82) is 0 Å². The van der Waals surface area contributed by atoms with Crippen LogP contribution in [0.4, 0.5) is 4.39 Å². The molecule has 1 nitrogen and oxygen atoms in total. The molecule has 0 aliphatic carbocycles. The van der Waals surface area contributed by atoms with E-state index in [0.29, 0.717) is 16.5 Å². The van der Waals surface area contributed by atoms with E-state index in [9.17, 15) is 9.18 Å². The molecule has 0 saturated carbocycles. The second-order valence-electron chi connectivity index (χ2n) is 3.14. The van der Waals surface area contributed by atoms with E-state index < -0.39 is 0 Å². The standard InChI is InChI=1S/C10H8BrFOS/c11-9-4-6(12)3-7-8(9)5-14-2-1-10(7)13/h3-4H,1-2,5H2. The summed E-state index contributed by atoms with van der Waals surface area (Å²) in [7, 11) is 0. The zero-order chi connectivity index (χ0) is 10.1. The molecule has 4 heteroatoms. The number of hydrogen-bond acceptors (Lipinski definition) is 2. The number of Topliss-reactive ketones (excluding diaryl/α,β-unsaturated/α-hetero) is 1. The van der Waals surface area contributed by atoms with Crippen LogP contribution in [0.15, 0.2) is 16.6 Å². The number of hydrogen-bond donors (Lipinski definition) is 0. The molecule has 0 spiro atoms. The summed E-state index contributed by atoms with van der Waals surface area (Å²) in [5.74, 6) is 1.30. The van der Waals surface area contributed by atoms with Gasteiger partial charge in [0.05, 0.1) is 0 Å². The minimum atomic E-state index is -0.351. The van der Waals surface area contributed by atoms with Gasteiger partial charge in [-0.25, -0.2) is 4.39 Å².